The van der Waals surface area contributed by atoms with Gasteiger partial charge in [0.2, 0.25) is 0 Å². The zero-order valence-electron chi connectivity index (χ0n) is 10.9. The minimum atomic E-state index is -5.39. The molecule has 6 heteroatoms. The minimum Gasteiger partial charge on any atom is -0.314 e. The fourth-order valence-corrected chi connectivity index (χ4v) is 1.65. The minimum absolute atomic E-state index is 0.105. The molecule has 0 aliphatic carbocycles. The molecule has 0 saturated carbocycles. The Bertz CT molecular complexity index is 209. The summed E-state index contributed by atoms with van der Waals surface area (Å²) in [5, 5.41) is 3.41. The SMILES string of the molecule is CCC1CCCN1.CCCCC(F)(F)C(F)(F)F. The lowest BCUT2D eigenvalue weighted by Gasteiger charge is -2.18. The second kappa shape index (κ2) is 7.92. The predicted molar refractivity (Wildman–Crippen MR) is 61.8 cm³/mol. The Labute approximate surface area is 105 Å². The lowest BCUT2D eigenvalue weighted by atomic mass is 10.1. The highest BCUT2D eigenvalue weighted by atomic mass is 19.4. The number of alkyl halides is 5. The van der Waals surface area contributed by atoms with Crippen molar-refractivity contribution in [3.63, 3.8) is 0 Å². The van der Waals surface area contributed by atoms with Crippen LogP contribution in [0.1, 0.15) is 52.4 Å². The van der Waals surface area contributed by atoms with Crippen LogP contribution in [-0.2, 0) is 0 Å². The van der Waals surface area contributed by atoms with Crippen LogP contribution in [0.25, 0.3) is 0 Å². The first-order chi connectivity index (χ1) is 8.24. The Morgan fingerprint density at radius 1 is 1.11 bits per heavy atom. The van der Waals surface area contributed by atoms with E-state index in [1.807, 2.05) is 0 Å². The van der Waals surface area contributed by atoms with E-state index >= 15 is 0 Å². The molecule has 0 radical (unpaired) electrons. The zero-order chi connectivity index (χ0) is 14.2. The molecule has 0 amide bonds. The van der Waals surface area contributed by atoms with Gasteiger partial charge in [-0.2, -0.15) is 22.0 Å². The fraction of sp³-hybridized carbons (Fsp3) is 1.00. The molecule has 1 nitrogen and oxygen atoms in total. The molecular formula is C12H22F5N. The van der Waals surface area contributed by atoms with Crippen LogP contribution in [0.5, 0.6) is 0 Å². The van der Waals surface area contributed by atoms with Gasteiger partial charge < -0.3 is 5.32 Å². The Kier molecular flexibility index (Phi) is 7.75. The number of halogens is 5. The molecule has 18 heavy (non-hydrogen) atoms. The molecule has 1 unspecified atom stereocenters. The molecule has 1 fully saturated rings. The molecule has 1 saturated heterocycles. The monoisotopic (exact) mass is 275 g/mol. The Balaban J connectivity index is 0.000000351. The first-order valence-electron chi connectivity index (χ1n) is 6.42. The van der Waals surface area contributed by atoms with Crippen molar-refractivity contribution < 1.29 is 22.0 Å². The number of hydrogen-bond donors (Lipinski definition) is 1. The second-order valence-corrected chi connectivity index (χ2v) is 4.51. The number of unbranched alkanes of at least 4 members (excludes halogenated alkanes) is 1. The summed E-state index contributed by atoms with van der Waals surface area (Å²) in [4.78, 5) is 0. The molecule has 1 atom stereocenters. The van der Waals surface area contributed by atoms with Gasteiger partial charge in [0.05, 0.1) is 0 Å². The maximum absolute atomic E-state index is 12.0. The molecule has 110 valence electrons. The highest BCUT2D eigenvalue weighted by Gasteiger charge is 2.56. The second-order valence-electron chi connectivity index (χ2n) is 4.51. The van der Waals surface area contributed by atoms with Crippen LogP contribution >= 0.6 is 0 Å². The van der Waals surface area contributed by atoms with Gasteiger partial charge in [0.25, 0.3) is 0 Å². The van der Waals surface area contributed by atoms with Crippen LogP contribution in [0.2, 0.25) is 0 Å². The smallest absolute Gasteiger partial charge is 0.314 e. The van der Waals surface area contributed by atoms with Crippen molar-refractivity contribution in [3.05, 3.63) is 0 Å². The van der Waals surface area contributed by atoms with Gasteiger partial charge in [0.1, 0.15) is 0 Å². The molecule has 0 spiro atoms. The van der Waals surface area contributed by atoms with Crippen molar-refractivity contribution in [1.82, 2.24) is 5.32 Å². The Hall–Kier alpha value is -0.390. The largest absolute Gasteiger partial charge is 0.453 e. The number of rotatable bonds is 4. The molecule has 1 rings (SSSR count). The van der Waals surface area contributed by atoms with E-state index in [1.54, 1.807) is 6.92 Å². The van der Waals surface area contributed by atoms with Crippen LogP contribution in [0.3, 0.4) is 0 Å². The van der Waals surface area contributed by atoms with Crippen LogP contribution in [0, 0.1) is 0 Å². The van der Waals surface area contributed by atoms with E-state index in [-0.39, 0.29) is 6.42 Å². The summed E-state index contributed by atoms with van der Waals surface area (Å²) < 4.78 is 58.2. The van der Waals surface area contributed by atoms with Crippen molar-refractivity contribution in [3.8, 4) is 0 Å². The first-order valence-corrected chi connectivity index (χ1v) is 6.42. The first kappa shape index (κ1) is 17.6. The summed E-state index contributed by atoms with van der Waals surface area (Å²) in [6, 6.07) is 0.847. The predicted octanol–water partition coefficient (Wildman–Crippen LogP) is 4.52. The van der Waals surface area contributed by atoms with E-state index in [0.717, 1.165) is 6.04 Å². The third-order valence-corrected chi connectivity index (χ3v) is 2.91. The van der Waals surface area contributed by atoms with Crippen LogP contribution in [-0.4, -0.2) is 24.7 Å². The van der Waals surface area contributed by atoms with Crippen molar-refractivity contribution in [2.24, 2.45) is 0 Å². The van der Waals surface area contributed by atoms with Crippen molar-refractivity contribution in [2.45, 2.75) is 70.5 Å². The summed E-state index contributed by atoms with van der Waals surface area (Å²) in [6.45, 7) is 5.05. The summed E-state index contributed by atoms with van der Waals surface area (Å²) in [5.41, 5.74) is 0. The fourth-order valence-electron chi connectivity index (χ4n) is 1.65. The van der Waals surface area contributed by atoms with Gasteiger partial charge >= 0.3 is 12.1 Å². The van der Waals surface area contributed by atoms with E-state index < -0.39 is 18.5 Å². The van der Waals surface area contributed by atoms with Gasteiger partial charge in [-0.15, -0.1) is 0 Å². The van der Waals surface area contributed by atoms with Gasteiger partial charge in [-0.1, -0.05) is 20.3 Å². The van der Waals surface area contributed by atoms with Crippen molar-refractivity contribution in [2.75, 3.05) is 6.54 Å². The summed E-state index contributed by atoms with van der Waals surface area (Å²) in [5.74, 6) is -4.51. The maximum Gasteiger partial charge on any atom is 0.453 e. The molecule has 0 aromatic heterocycles. The third kappa shape index (κ3) is 6.52. The zero-order valence-corrected chi connectivity index (χ0v) is 10.9. The molecule has 1 aliphatic rings. The normalized spacial score (nSPS) is 20.5. The highest BCUT2D eigenvalue weighted by molar-refractivity contribution is 4.74. The van der Waals surface area contributed by atoms with E-state index in [4.69, 9.17) is 0 Å². The maximum atomic E-state index is 12.0. The van der Waals surface area contributed by atoms with E-state index in [2.05, 4.69) is 12.2 Å². The molecule has 0 aromatic carbocycles. The number of hydrogen-bond acceptors (Lipinski definition) is 1. The Morgan fingerprint density at radius 3 is 2.00 bits per heavy atom. The Morgan fingerprint density at radius 2 is 1.72 bits per heavy atom. The average molecular weight is 275 g/mol. The molecule has 0 aromatic rings. The molecule has 1 aliphatic heterocycles. The van der Waals surface area contributed by atoms with Gasteiger partial charge in [0.15, 0.2) is 0 Å². The molecule has 0 bridgehead atoms. The lowest BCUT2D eigenvalue weighted by Crippen LogP contribution is -2.36. The standard InChI is InChI=1S/C6H9F5.C6H13N/c1-2-3-4-5(7,8)6(9,10)11;1-2-6-4-3-5-7-6/h2-4H2,1H3;6-7H,2-5H2,1H3. The van der Waals surface area contributed by atoms with Gasteiger partial charge in [-0.3, -0.25) is 0 Å². The topological polar surface area (TPSA) is 12.0 Å². The molecule has 1 N–H and O–H groups in total. The summed E-state index contributed by atoms with van der Waals surface area (Å²) in [6.07, 6.45) is -2.16. The molecular weight excluding hydrogens is 253 g/mol. The van der Waals surface area contributed by atoms with E-state index in [0.29, 0.717) is 6.42 Å². The lowest BCUT2D eigenvalue weighted by molar-refractivity contribution is -0.284. The van der Waals surface area contributed by atoms with Gasteiger partial charge in [-0.05, 0) is 32.2 Å². The summed E-state index contributed by atoms with van der Waals surface area (Å²) in [7, 11) is 0. The van der Waals surface area contributed by atoms with Crippen molar-refractivity contribution in [1.29, 1.82) is 0 Å². The number of nitrogens with one attached hydrogen (secondary N) is 1. The van der Waals surface area contributed by atoms with Gasteiger partial charge in [0, 0.05) is 12.5 Å². The average Bonchev–Trinajstić information content (AvgIpc) is 2.78. The van der Waals surface area contributed by atoms with Crippen LogP contribution in [0.4, 0.5) is 22.0 Å². The van der Waals surface area contributed by atoms with Crippen LogP contribution < -0.4 is 5.32 Å². The van der Waals surface area contributed by atoms with Gasteiger partial charge in [-0.25, -0.2) is 0 Å². The quantitative estimate of drug-likeness (QED) is 0.744. The summed E-state index contributed by atoms with van der Waals surface area (Å²) >= 11 is 0. The van der Waals surface area contributed by atoms with E-state index in [1.165, 1.54) is 25.8 Å². The van der Waals surface area contributed by atoms with Crippen molar-refractivity contribution >= 4 is 0 Å². The third-order valence-electron chi connectivity index (χ3n) is 2.91. The highest BCUT2D eigenvalue weighted by Crippen LogP contribution is 2.38. The molecule has 1 heterocycles. The van der Waals surface area contributed by atoms with Crippen LogP contribution in [0.15, 0.2) is 0 Å². The van der Waals surface area contributed by atoms with E-state index in [9.17, 15) is 22.0 Å².